The van der Waals surface area contributed by atoms with E-state index in [1.807, 2.05) is 49.3 Å². The average Bonchev–Trinajstić information content (AvgIpc) is 2.85. The Morgan fingerprint density at radius 1 is 0.943 bits per heavy atom. The Labute approximate surface area is 204 Å². The highest BCUT2D eigenvalue weighted by atomic mass is 16.1. The molecule has 9 nitrogen and oxygen atoms in total. The van der Waals surface area contributed by atoms with Crippen molar-refractivity contribution >= 4 is 34.2 Å². The van der Waals surface area contributed by atoms with Gasteiger partial charge in [0, 0.05) is 57.3 Å². The molecule has 9 heteroatoms. The molecule has 0 amide bonds. The minimum absolute atomic E-state index is 0.243. The Kier molecular flexibility index (Phi) is 6.08. The number of nitrogens with one attached hydrogen (secondary N) is 1. The van der Waals surface area contributed by atoms with Gasteiger partial charge in [0.2, 0.25) is 5.95 Å². The number of nitrogens with zero attached hydrogens (tertiary/aromatic N) is 7. The first-order chi connectivity index (χ1) is 16.9. The van der Waals surface area contributed by atoms with Gasteiger partial charge in [0.25, 0.3) is 5.56 Å². The molecular weight excluding hydrogens is 440 g/mol. The molecule has 1 fully saturated rings. The fraction of sp³-hybridized carbons (Fsp3) is 0.308. The monoisotopic (exact) mass is 470 g/mol. The standard InChI is InChI=1S/C26H30N8O/c1-18-15-19(5-10-23(18)33-13-11-32(4)12-14-33)29-26-28-16-22-25(30-26)34(24(35)17-27-22)21-8-6-20(7-9-21)31(2)3/h5-10,15-17H,11-14H2,1-4H3,(H,28,29,30). The van der Waals surface area contributed by atoms with E-state index in [0.29, 0.717) is 17.1 Å². The predicted molar refractivity (Wildman–Crippen MR) is 141 cm³/mol. The molecule has 3 heterocycles. The first-order valence-electron chi connectivity index (χ1n) is 11.7. The van der Waals surface area contributed by atoms with Crippen LogP contribution in [-0.4, -0.2) is 71.7 Å². The van der Waals surface area contributed by atoms with E-state index < -0.39 is 0 Å². The van der Waals surface area contributed by atoms with Crippen LogP contribution < -0.4 is 20.7 Å². The third kappa shape index (κ3) is 4.67. The van der Waals surface area contributed by atoms with Gasteiger partial charge in [0.15, 0.2) is 5.65 Å². The summed E-state index contributed by atoms with van der Waals surface area (Å²) in [5.41, 5.74) is 5.88. The molecule has 0 bridgehead atoms. The molecular formula is C26H30N8O. The van der Waals surface area contributed by atoms with E-state index >= 15 is 0 Å². The van der Waals surface area contributed by atoms with Crippen molar-refractivity contribution in [2.24, 2.45) is 0 Å². The normalized spacial score (nSPS) is 14.3. The van der Waals surface area contributed by atoms with E-state index in [1.165, 1.54) is 17.4 Å². The lowest BCUT2D eigenvalue weighted by atomic mass is 10.1. The van der Waals surface area contributed by atoms with Gasteiger partial charge in [-0.05, 0) is 62.0 Å². The van der Waals surface area contributed by atoms with Crippen LogP contribution in [0.4, 0.5) is 23.0 Å². The van der Waals surface area contributed by atoms with E-state index in [2.05, 4.69) is 56.2 Å². The van der Waals surface area contributed by atoms with Gasteiger partial charge < -0.3 is 20.0 Å². The second-order valence-corrected chi connectivity index (χ2v) is 9.16. The summed E-state index contributed by atoms with van der Waals surface area (Å²) in [4.78, 5) is 32.9. The summed E-state index contributed by atoms with van der Waals surface area (Å²) in [6, 6.07) is 14.1. The highest BCUT2D eigenvalue weighted by molar-refractivity contribution is 5.74. The van der Waals surface area contributed by atoms with Crippen LogP contribution >= 0.6 is 0 Å². The summed E-state index contributed by atoms with van der Waals surface area (Å²) >= 11 is 0. The summed E-state index contributed by atoms with van der Waals surface area (Å²) in [6.45, 7) is 6.31. The van der Waals surface area contributed by atoms with E-state index in [9.17, 15) is 4.79 Å². The summed E-state index contributed by atoms with van der Waals surface area (Å²) in [7, 11) is 6.12. The number of likely N-dealkylation sites (N-methyl/N-ethyl adjacent to an activating group) is 1. The van der Waals surface area contributed by atoms with Crippen molar-refractivity contribution in [2.45, 2.75) is 6.92 Å². The molecule has 1 N–H and O–H groups in total. The second kappa shape index (κ2) is 9.34. The lowest BCUT2D eigenvalue weighted by molar-refractivity contribution is 0.312. The molecule has 0 saturated carbocycles. The minimum atomic E-state index is -0.243. The molecule has 180 valence electrons. The van der Waals surface area contributed by atoms with Gasteiger partial charge in [-0.25, -0.2) is 9.97 Å². The highest BCUT2D eigenvalue weighted by Crippen LogP contribution is 2.26. The fourth-order valence-electron chi connectivity index (χ4n) is 4.38. The summed E-state index contributed by atoms with van der Waals surface area (Å²) in [6.07, 6.45) is 2.94. The third-order valence-corrected chi connectivity index (χ3v) is 6.42. The maximum absolute atomic E-state index is 12.8. The second-order valence-electron chi connectivity index (χ2n) is 9.16. The topological polar surface area (TPSA) is 82.4 Å². The van der Waals surface area contributed by atoms with Crippen molar-refractivity contribution in [1.82, 2.24) is 24.4 Å². The molecule has 0 radical (unpaired) electrons. The van der Waals surface area contributed by atoms with Crippen molar-refractivity contribution in [1.29, 1.82) is 0 Å². The summed E-state index contributed by atoms with van der Waals surface area (Å²) < 4.78 is 1.57. The molecule has 0 spiro atoms. The smallest absolute Gasteiger partial charge is 0.275 e. The SMILES string of the molecule is Cc1cc(Nc2ncc3ncc(=O)n(-c4ccc(N(C)C)cc4)c3n2)ccc1N1CCN(C)CC1. The molecule has 0 aliphatic carbocycles. The van der Waals surface area contributed by atoms with Crippen molar-refractivity contribution in [3.8, 4) is 5.69 Å². The molecule has 35 heavy (non-hydrogen) atoms. The van der Waals surface area contributed by atoms with Crippen molar-refractivity contribution in [3.05, 3.63) is 70.8 Å². The molecule has 0 atom stereocenters. The molecule has 1 saturated heterocycles. The zero-order chi connectivity index (χ0) is 24.5. The van der Waals surface area contributed by atoms with Gasteiger partial charge >= 0.3 is 0 Å². The minimum Gasteiger partial charge on any atom is -0.378 e. The maximum atomic E-state index is 12.8. The van der Waals surface area contributed by atoms with E-state index in [4.69, 9.17) is 0 Å². The van der Waals surface area contributed by atoms with Crippen LogP contribution in [0.5, 0.6) is 0 Å². The van der Waals surface area contributed by atoms with Gasteiger partial charge in [0.05, 0.1) is 18.1 Å². The van der Waals surface area contributed by atoms with Crippen LogP contribution in [0.25, 0.3) is 16.9 Å². The number of piperazine rings is 1. The molecule has 1 aliphatic heterocycles. The van der Waals surface area contributed by atoms with Gasteiger partial charge in [0.1, 0.15) is 5.52 Å². The largest absolute Gasteiger partial charge is 0.378 e. The number of rotatable bonds is 5. The van der Waals surface area contributed by atoms with Crippen LogP contribution in [0, 0.1) is 6.92 Å². The van der Waals surface area contributed by atoms with Crippen molar-refractivity contribution in [2.75, 3.05) is 62.4 Å². The number of fused-ring (bicyclic) bond motifs is 1. The molecule has 4 aromatic rings. The number of hydrogen-bond acceptors (Lipinski definition) is 8. The molecule has 2 aromatic carbocycles. The lowest BCUT2D eigenvalue weighted by Crippen LogP contribution is -2.44. The van der Waals surface area contributed by atoms with Gasteiger partial charge in [-0.15, -0.1) is 0 Å². The van der Waals surface area contributed by atoms with Crippen LogP contribution in [0.2, 0.25) is 0 Å². The van der Waals surface area contributed by atoms with E-state index in [-0.39, 0.29) is 5.56 Å². The van der Waals surface area contributed by atoms with Crippen LogP contribution in [0.3, 0.4) is 0 Å². The van der Waals surface area contributed by atoms with Crippen LogP contribution in [-0.2, 0) is 0 Å². The average molecular weight is 471 g/mol. The Morgan fingerprint density at radius 3 is 2.37 bits per heavy atom. The third-order valence-electron chi connectivity index (χ3n) is 6.42. The Bertz CT molecular complexity index is 1410. The number of benzene rings is 2. The maximum Gasteiger partial charge on any atom is 0.275 e. The zero-order valence-corrected chi connectivity index (χ0v) is 20.6. The Morgan fingerprint density at radius 2 is 1.69 bits per heavy atom. The number of hydrogen-bond donors (Lipinski definition) is 1. The van der Waals surface area contributed by atoms with Crippen LogP contribution in [0.1, 0.15) is 5.56 Å². The van der Waals surface area contributed by atoms with Gasteiger partial charge in [-0.3, -0.25) is 9.36 Å². The van der Waals surface area contributed by atoms with Crippen molar-refractivity contribution in [3.63, 3.8) is 0 Å². The number of aryl methyl sites for hydroxylation is 1. The van der Waals surface area contributed by atoms with Crippen molar-refractivity contribution < 1.29 is 0 Å². The fourth-order valence-corrected chi connectivity index (χ4v) is 4.38. The van der Waals surface area contributed by atoms with Gasteiger partial charge in [-0.1, -0.05) is 0 Å². The Hall–Kier alpha value is -3.98. The summed E-state index contributed by atoms with van der Waals surface area (Å²) in [5, 5.41) is 3.30. The quantitative estimate of drug-likeness (QED) is 0.477. The Balaban J connectivity index is 1.45. The first kappa shape index (κ1) is 22.8. The zero-order valence-electron chi connectivity index (χ0n) is 20.6. The van der Waals surface area contributed by atoms with E-state index in [1.54, 1.807) is 10.8 Å². The lowest BCUT2D eigenvalue weighted by Gasteiger charge is -2.35. The van der Waals surface area contributed by atoms with Crippen LogP contribution in [0.15, 0.2) is 59.7 Å². The molecule has 0 unspecified atom stereocenters. The molecule has 5 rings (SSSR count). The molecule has 1 aliphatic rings. The number of aromatic nitrogens is 4. The number of anilines is 4. The van der Waals surface area contributed by atoms with Gasteiger partial charge in [-0.2, -0.15) is 4.98 Å². The highest BCUT2D eigenvalue weighted by Gasteiger charge is 2.16. The predicted octanol–water partition coefficient (Wildman–Crippen LogP) is 3.05. The van der Waals surface area contributed by atoms with E-state index in [0.717, 1.165) is 43.2 Å². The first-order valence-corrected chi connectivity index (χ1v) is 11.7. The molecule has 2 aromatic heterocycles. The summed E-state index contributed by atoms with van der Waals surface area (Å²) in [5.74, 6) is 0.412.